The number of carbonyl (C=O) groups excluding carboxylic acids is 1. The summed E-state index contributed by atoms with van der Waals surface area (Å²) in [6.45, 7) is 4.00. The lowest BCUT2D eigenvalue weighted by molar-refractivity contribution is -0.123. The first-order chi connectivity index (χ1) is 12.7. The third kappa shape index (κ3) is 4.93. The molecule has 1 aliphatic heterocycles. The van der Waals surface area contributed by atoms with Crippen molar-refractivity contribution in [3.63, 3.8) is 0 Å². The monoisotopic (exact) mass is 355 g/mol. The second kappa shape index (κ2) is 8.96. The van der Waals surface area contributed by atoms with Crippen LogP contribution in [0.25, 0.3) is 0 Å². The molecule has 0 bridgehead atoms. The molecule has 2 atom stereocenters. The minimum atomic E-state index is -0.348. The van der Waals surface area contributed by atoms with Crippen molar-refractivity contribution in [1.29, 1.82) is 0 Å². The van der Waals surface area contributed by atoms with Gasteiger partial charge in [-0.1, -0.05) is 30.3 Å². The highest BCUT2D eigenvalue weighted by Gasteiger charge is 2.25. The summed E-state index contributed by atoms with van der Waals surface area (Å²) in [5.74, 6) is 0.546. The molecule has 3 rings (SSSR count). The Morgan fingerprint density at radius 3 is 2.85 bits per heavy atom. The van der Waals surface area contributed by atoms with Gasteiger partial charge in [0, 0.05) is 38.4 Å². The molecule has 2 N–H and O–H groups in total. The predicted octanol–water partition coefficient (Wildman–Crippen LogP) is 1.36. The summed E-state index contributed by atoms with van der Waals surface area (Å²) < 4.78 is 1.72. The number of nitrogens with zero attached hydrogens (tertiary/aromatic N) is 3. The number of rotatable bonds is 8. The van der Waals surface area contributed by atoms with Crippen molar-refractivity contribution in [2.75, 3.05) is 33.2 Å². The van der Waals surface area contributed by atoms with Crippen molar-refractivity contribution in [1.82, 2.24) is 25.3 Å². The average molecular weight is 355 g/mol. The van der Waals surface area contributed by atoms with Crippen LogP contribution >= 0.6 is 0 Å². The molecule has 1 aromatic heterocycles. The van der Waals surface area contributed by atoms with Gasteiger partial charge in [-0.15, -0.1) is 0 Å². The van der Waals surface area contributed by atoms with E-state index >= 15 is 0 Å². The largest absolute Gasteiger partial charge is 0.354 e. The topological polar surface area (TPSA) is 62.2 Å². The first-order valence-electron chi connectivity index (χ1n) is 9.35. The van der Waals surface area contributed by atoms with E-state index in [0.717, 1.165) is 44.6 Å². The van der Waals surface area contributed by atoms with Crippen LogP contribution in [0, 0.1) is 5.92 Å². The van der Waals surface area contributed by atoms with E-state index in [0.29, 0.717) is 5.92 Å². The van der Waals surface area contributed by atoms with Gasteiger partial charge in [-0.2, -0.15) is 5.10 Å². The van der Waals surface area contributed by atoms with Crippen molar-refractivity contribution in [3.8, 4) is 0 Å². The summed E-state index contributed by atoms with van der Waals surface area (Å²) >= 11 is 0. The fraction of sp³-hybridized carbons (Fsp3) is 0.500. The fourth-order valence-electron chi connectivity index (χ4n) is 3.60. The van der Waals surface area contributed by atoms with Gasteiger partial charge in [0.15, 0.2) is 0 Å². The zero-order valence-electron chi connectivity index (χ0n) is 15.7. The summed E-state index contributed by atoms with van der Waals surface area (Å²) in [6.07, 6.45) is 5.85. The first-order valence-corrected chi connectivity index (χ1v) is 9.35. The maximum Gasteiger partial charge on any atom is 0.241 e. The zero-order valence-corrected chi connectivity index (χ0v) is 15.7. The number of amides is 1. The molecule has 2 heterocycles. The average Bonchev–Trinajstić information content (AvgIpc) is 3.29. The Morgan fingerprint density at radius 1 is 1.35 bits per heavy atom. The molecule has 26 heavy (non-hydrogen) atoms. The van der Waals surface area contributed by atoms with Crippen LogP contribution in [0.2, 0.25) is 0 Å². The van der Waals surface area contributed by atoms with Gasteiger partial charge in [-0.25, -0.2) is 0 Å². The molecule has 1 fully saturated rings. The second-order valence-electron chi connectivity index (χ2n) is 7.11. The van der Waals surface area contributed by atoms with Gasteiger partial charge in [0.25, 0.3) is 0 Å². The summed E-state index contributed by atoms with van der Waals surface area (Å²) in [7, 11) is 3.66. The van der Waals surface area contributed by atoms with E-state index in [1.165, 1.54) is 5.56 Å². The van der Waals surface area contributed by atoms with Crippen LogP contribution in [0.5, 0.6) is 0 Å². The summed E-state index contributed by atoms with van der Waals surface area (Å²) in [4.78, 5) is 15.0. The van der Waals surface area contributed by atoms with Crippen molar-refractivity contribution < 1.29 is 4.79 Å². The molecule has 0 radical (unpaired) electrons. The van der Waals surface area contributed by atoms with Gasteiger partial charge < -0.3 is 15.5 Å². The summed E-state index contributed by atoms with van der Waals surface area (Å²) in [6, 6.07) is 10.3. The highest BCUT2D eigenvalue weighted by molar-refractivity contribution is 5.83. The van der Waals surface area contributed by atoms with Gasteiger partial charge in [-0.3, -0.25) is 9.48 Å². The van der Waals surface area contributed by atoms with Crippen LogP contribution in [0.4, 0.5) is 0 Å². The Hall–Kier alpha value is -2.18. The molecule has 6 nitrogen and oxygen atoms in total. The van der Waals surface area contributed by atoms with E-state index in [-0.39, 0.29) is 11.9 Å². The van der Waals surface area contributed by atoms with Crippen LogP contribution in [0.3, 0.4) is 0 Å². The molecule has 2 unspecified atom stereocenters. The number of likely N-dealkylation sites (N-methyl/N-ethyl adjacent to an activating group) is 1. The molecule has 1 amide bonds. The Morgan fingerprint density at radius 2 is 2.15 bits per heavy atom. The highest BCUT2D eigenvalue weighted by atomic mass is 16.2. The first kappa shape index (κ1) is 18.6. The van der Waals surface area contributed by atoms with E-state index < -0.39 is 0 Å². The molecular weight excluding hydrogens is 326 g/mol. The third-order valence-electron chi connectivity index (χ3n) is 5.10. The minimum Gasteiger partial charge on any atom is -0.354 e. The van der Waals surface area contributed by atoms with Gasteiger partial charge in [0.05, 0.1) is 6.20 Å². The number of aromatic nitrogens is 2. The molecule has 0 spiro atoms. The van der Waals surface area contributed by atoms with Crippen LogP contribution in [-0.2, 0) is 18.3 Å². The van der Waals surface area contributed by atoms with Gasteiger partial charge in [-0.05, 0) is 37.9 Å². The normalized spacial score (nSPS) is 18.8. The maximum atomic E-state index is 12.5. The molecular formula is C20H29N5O. The number of aryl methyl sites for hydroxylation is 1. The number of hydrogen-bond donors (Lipinski definition) is 2. The molecule has 1 aliphatic rings. The number of likely N-dealkylation sites (tertiary alicyclic amines) is 1. The molecule has 2 aromatic rings. The Balaban J connectivity index is 1.41. The van der Waals surface area contributed by atoms with Crippen molar-refractivity contribution >= 4 is 5.91 Å². The van der Waals surface area contributed by atoms with Crippen LogP contribution < -0.4 is 10.6 Å². The quantitative estimate of drug-likeness (QED) is 0.751. The van der Waals surface area contributed by atoms with Crippen LogP contribution in [0.15, 0.2) is 42.7 Å². The van der Waals surface area contributed by atoms with Gasteiger partial charge in [0.1, 0.15) is 6.04 Å². The molecule has 0 saturated carbocycles. The van der Waals surface area contributed by atoms with Crippen molar-refractivity contribution in [3.05, 3.63) is 53.9 Å². The highest BCUT2D eigenvalue weighted by Crippen LogP contribution is 2.17. The molecule has 0 aliphatic carbocycles. The Labute approximate surface area is 155 Å². The van der Waals surface area contributed by atoms with Crippen molar-refractivity contribution in [2.45, 2.75) is 18.9 Å². The molecule has 6 heteroatoms. The smallest absolute Gasteiger partial charge is 0.241 e. The number of carbonyl (C=O) groups is 1. The number of hydrogen-bond acceptors (Lipinski definition) is 4. The lowest BCUT2D eigenvalue weighted by Gasteiger charge is -2.18. The lowest BCUT2D eigenvalue weighted by atomic mass is 10.1. The van der Waals surface area contributed by atoms with Crippen LogP contribution in [-0.4, -0.2) is 53.8 Å². The second-order valence-corrected chi connectivity index (χ2v) is 7.11. The minimum absolute atomic E-state index is 0.0169. The Kier molecular flexibility index (Phi) is 6.41. The van der Waals surface area contributed by atoms with E-state index in [2.05, 4.69) is 51.0 Å². The SMILES string of the molecule is CNC(C(=O)NCC1CCN(CCc2ccccc2)C1)c1cnn(C)c1. The van der Waals surface area contributed by atoms with E-state index in [1.54, 1.807) is 17.9 Å². The molecule has 1 aromatic carbocycles. The third-order valence-corrected chi connectivity index (χ3v) is 5.10. The Bertz CT molecular complexity index is 699. The fourth-order valence-corrected chi connectivity index (χ4v) is 3.60. The zero-order chi connectivity index (χ0) is 18.4. The summed E-state index contributed by atoms with van der Waals surface area (Å²) in [5.41, 5.74) is 2.28. The number of nitrogens with one attached hydrogen (secondary N) is 2. The van der Waals surface area contributed by atoms with E-state index in [1.807, 2.05) is 13.2 Å². The molecule has 1 saturated heterocycles. The predicted molar refractivity (Wildman–Crippen MR) is 103 cm³/mol. The lowest BCUT2D eigenvalue weighted by Crippen LogP contribution is -2.38. The van der Waals surface area contributed by atoms with E-state index in [4.69, 9.17) is 0 Å². The maximum absolute atomic E-state index is 12.5. The number of benzene rings is 1. The summed E-state index contributed by atoms with van der Waals surface area (Å²) in [5, 5.41) is 10.3. The van der Waals surface area contributed by atoms with Crippen molar-refractivity contribution in [2.24, 2.45) is 13.0 Å². The molecule has 140 valence electrons. The van der Waals surface area contributed by atoms with E-state index in [9.17, 15) is 4.79 Å². The van der Waals surface area contributed by atoms with Crippen LogP contribution in [0.1, 0.15) is 23.6 Å². The van der Waals surface area contributed by atoms with Gasteiger partial charge >= 0.3 is 0 Å². The standard InChI is InChI=1S/C20H29N5O/c1-21-19(18-13-23-24(2)15-18)20(26)22-12-17-9-11-25(14-17)10-8-16-6-4-3-5-7-16/h3-7,13,15,17,19,21H,8-12,14H2,1-2H3,(H,22,26). The van der Waals surface area contributed by atoms with Gasteiger partial charge in [0.2, 0.25) is 5.91 Å².